The Hall–Kier alpha value is -4.22. The maximum Gasteiger partial charge on any atom is 0.308 e. The molecule has 1 N–H and O–H groups in total. The highest BCUT2D eigenvalue weighted by Crippen LogP contribution is 2.55. The first kappa shape index (κ1) is 27.0. The zero-order valence-electron chi connectivity index (χ0n) is 22.0. The molecule has 0 spiro atoms. The van der Waals surface area contributed by atoms with Crippen LogP contribution in [-0.2, 0) is 20.9 Å². The largest absolute Gasteiger partial charge is 0.496 e. The van der Waals surface area contributed by atoms with E-state index in [9.17, 15) is 23.6 Å². The van der Waals surface area contributed by atoms with Gasteiger partial charge in [0.05, 0.1) is 23.7 Å². The van der Waals surface area contributed by atoms with E-state index in [1.165, 1.54) is 35.9 Å². The highest BCUT2D eigenvalue weighted by Gasteiger charge is 2.57. The van der Waals surface area contributed by atoms with Crippen LogP contribution < -0.4 is 19.8 Å². The number of anilines is 2. The number of para-hydroxylation sites is 1. The third-order valence-corrected chi connectivity index (χ3v) is 9.85. The van der Waals surface area contributed by atoms with Gasteiger partial charge in [0.2, 0.25) is 17.7 Å². The third-order valence-electron chi connectivity index (χ3n) is 7.25. The van der Waals surface area contributed by atoms with Crippen LogP contribution in [0.25, 0.3) is 0 Å². The predicted octanol–water partition coefficient (Wildman–Crippen LogP) is 4.80. The molecule has 1 aromatic heterocycles. The molecule has 2 unspecified atom stereocenters. The molecular formula is C30H24FN3O5S2. The number of carbonyl (C=O) groups is 3. The maximum atomic E-state index is 13.9. The summed E-state index contributed by atoms with van der Waals surface area (Å²) >= 11 is 2.08. The number of amides is 3. The number of nitrogens with one attached hydrogen (secondary N) is 1. The van der Waals surface area contributed by atoms with Gasteiger partial charge in [0.1, 0.15) is 23.4 Å². The summed E-state index contributed by atoms with van der Waals surface area (Å²) in [6, 6.07) is 19.7. The number of carbonyl (C=O) groups excluding carboxylic acids is 3. The number of thioether (sulfide) groups is 1. The molecule has 208 valence electrons. The number of imide groups is 1. The van der Waals surface area contributed by atoms with Crippen molar-refractivity contribution in [1.82, 2.24) is 4.57 Å². The van der Waals surface area contributed by atoms with Crippen molar-refractivity contribution in [2.45, 2.75) is 29.7 Å². The maximum absolute atomic E-state index is 13.9. The van der Waals surface area contributed by atoms with E-state index < -0.39 is 40.6 Å². The number of thiazole rings is 1. The third kappa shape index (κ3) is 4.74. The molecular weight excluding hydrogens is 565 g/mol. The molecule has 41 heavy (non-hydrogen) atoms. The van der Waals surface area contributed by atoms with Crippen molar-refractivity contribution in [3.05, 3.63) is 104 Å². The number of methoxy groups -OCH3 is 1. The van der Waals surface area contributed by atoms with Gasteiger partial charge in [-0.15, -0.1) is 0 Å². The van der Waals surface area contributed by atoms with Gasteiger partial charge in [0.15, 0.2) is 0 Å². The summed E-state index contributed by atoms with van der Waals surface area (Å²) in [4.78, 5) is 55.4. The van der Waals surface area contributed by atoms with Crippen molar-refractivity contribution in [1.29, 1.82) is 0 Å². The van der Waals surface area contributed by atoms with Gasteiger partial charge >= 0.3 is 4.87 Å². The molecule has 1 saturated heterocycles. The van der Waals surface area contributed by atoms with Crippen LogP contribution in [-0.4, -0.2) is 34.6 Å². The highest BCUT2D eigenvalue weighted by atomic mass is 32.2. The van der Waals surface area contributed by atoms with Crippen molar-refractivity contribution in [2.24, 2.45) is 5.92 Å². The number of nitrogens with zero attached hydrogens (tertiary/aromatic N) is 2. The summed E-state index contributed by atoms with van der Waals surface area (Å²) in [5.74, 6) is -2.78. The number of rotatable bonds is 6. The highest BCUT2D eigenvalue weighted by molar-refractivity contribution is 8.00. The fourth-order valence-corrected chi connectivity index (χ4v) is 8.10. The monoisotopic (exact) mass is 589 g/mol. The Morgan fingerprint density at radius 2 is 1.68 bits per heavy atom. The van der Waals surface area contributed by atoms with E-state index in [0.717, 1.165) is 33.6 Å². The molecule has 1 fully saturated rings. The number of aromatic nitrogens is 1. The summed E-state index contributed by atoms with van der Waals surface area (Å²) in [6.07, 6.45) is 0. The lowest BCUT2D eigenvalue weighted by Gasteiger charge is -2.31. The molecule has 2 aliphatic heterocycles. The molecule has 8 nitrogen and oxygen atoms in total. The van der Waals surface area contributed by atoms with E-state index in [0.29, 0.717) is 26.9 Å². The molecule has 0 radical (unpaired) electrons. The van der Waals surface area contributed by atoms with Crippen LogP contribution in [0, 0.1) is 18.7 Å². The zero-order chi connectivity index (χ0) is 28.8. The average Bonchev–Trinajstić information content (AvgIpc) is 3.41. The van der Waals surface area contributed by atoms with Crippen LogP contribution in [0.1, 0.15) is 21.9 Å². The fourth-order valence-electron chi connectivity index (χ4n) is 5.34. The summed E-state index contributed by atoms with van der Waals surface area (Å²) in [5.41, 5.74) is 2.58. The number of hydrogen-bond donors (Lipinski definition) is 1. The quantitative estimate of drug-likeness (QED) is 0.325. The fraction of sp³-hybridized carbons (Fsp3) is 0.200. The lowest BCUT2D eigenvalue weighted by Crippen LogP contribution is -2.33. The van der Waals surface area contributed by atoms with Gasteiger partial charge in [-0.25, -0.2) is 9.29 Å². The van der Waals surface area contributed by atoms with Crippen LogP contribution in [0.5, 0.6) is 5.75 Å². The van der Waals surface area contributed by atoms with Crippen molar-refractivity contribution < 1.29 is 23.5 Å². The lowest BCUT2D eigenvalue weighted by molar-refractivity contribution is -0.122. The van der Waals surface area contributed by atoms with Crippen LogP contribution in [0.15, 0.2) is 82.6 Å². The van der Waals surface area contributed by atoms with E-state index >= 15 is 0 Å². The van der Waals surface area contributed by atoms with E-state index in [1.54, 1.807) is 24.3 Å². The first-order valence-electron chi connectivity index (χ1n) is 12.8. The first-order chi connectivity index (χ1) is 19.8. The Kier molecular flexibility index (Phi) is 7.00. The second-order valence-electron chi connectivity index (χ2n) is 9.81. The van der Waals surface area contributed by atoms with Gasteiger partial charge in [-0.1, -0.05) is 59.0 Å². The zero-order valence-corrected chi connectivity index (χ0v) is 23.6. The number of fused-ring (bicyclic) bond motifs is 2. The molecule has 4 aromatic rings. The molecule has 3 amide bonds. The van der Waals surface area contributed by atoms with E-state index in [2.05, 4.69) is 5.32 Å². The normalized spacial score (nSPS) is 19.6. The summed E-state index contributed by atoms with van der Waals surface area (Å²) in [6.45, 7) is 1.68. The van der Waals surface area contributed by atoms with E-state index in [4.69, 9.17) is 4.74 Å². The minimum atomic E-state index is -0.865. The first-order valence-corrected chi connectivity index (χ1v) is 14.5. The van der Waals surface area contributed by atoms with Crippen LogP contribution in [0.4, 0.5) is 15.8 Å². The topological polar surface area (TPSA) is 97.7 Å². The van der Waals surface area contributed by atoms with Crippen LogP contribution in [0.3, 0.4) is 0 Å². The van der Waals surface area contributed by atoms with Gasteiger partial charge in [-0.2, -0.15) is 0 Å². The number of aryl methyl sites for hydroxylation is 1. The summed E-state index contributed by atoms with van der Waals surface area (Å²) in [7, 11) is 1.52. The molecule has 3 atom stereocenters. The van der Waals surface area contributed by atoms with Gasteiger partial charge < -0.3 is 10.1 Å². The number of ether oxygens (including phenoxy) is 1. The van der Waals surface area contributed by atoms with Gasteiger partial charge in [-0.3, -0.25) is 23.7 Å². The Labute approximate surface area is 242 Å². The van der Waals surface area contributed by atoms with E-state index in [1.807, 2.05) is 31.2 Å². The lowest BCUT2D eigenvalue weighted by atomic mass is 9.82. The SMILES string of the molecule is COc1ccccc1[C@H]1c2sc(=O)n(CC(=O)Nc3ccc(C)cc3)c2SC2C(=O)N(c3ccc(F)cc3)C(=O)C21. The van der Waals surface area contributed by atoms with E-state index in [-0.39, 0.29) is 17.1 Å². The second kappa shape index (κ2) is 10.6. The molecule has 0 aliphatic carbocycles. The molecule has 0 saturated carbocycles. The second-order valence-corrected chi connectivity index (χ2v) is 11.9. The van der Waals surface area contributed by atoms with Crippen LogP contribution >= 0.6 is 23.1 Å². The van der Waals surface area contributed by atoms with Crippen molar-refractivity contribution >= 4 is 52.2 Å². The smallest absolute Gasteiger partial charge is 0.308 e. The van der Waals surface area contributed by atoms with Crippen LogP contribution in [0.2, 0.25) is 0 Å². The van der Waals surface area contributed by atoms with Crippen molar-refractivity contribution in [3.8, 4) is 5.75 Å². The van der Waals surface area contributed by atoms with Gasteiger partial charge in [0, 0.05) is 22.0 Å². The van der Waals surface area contributed by atoms with Gasteiger partial charge in [0.25, 0.3) is 0 Å². The Balaban J connectivity index is 1.43. The van der Waals surface area contributed by atoms with Gasteiger partial charge in [-0.05, 0) is 49.4 Å². The molecule has 6 rings (SSSR count). The predicted molar refractivity (Wildman–Crippen MR) is 155 cm³/mol. The molecule has 3 heterocycles. The minimum Gasteiger partial charge on any atom is -0.496 e. The number of benzene rings is 3. The molecule has 0 bridgehead atoms. The van der Waals surface area contributed by atoms with Crippen molar-refractivity contribution in [3.63, 3.8) is 0 Å². The summed E-state index contributed by atoms with van der Waals surface area (Å²) in [5, 5.41) is 2.42. The molecule has 11 heteroatoms. The Morgan fingerprint density at radius 3 is 2.39 bits per heavy atom. The number of halogens is 1. The minimum absolute atomic E-state index is 0.259. The molecule has 2 aliphatic rings. The Morgan fingerprint density at radius 1 is 0.976 bits per heavy atom. The summed E-state index contributed by atoms with van der Waals surface area (Å²) < 4.78 is 20.6. The van der Waals surface area contributed by atoms with Crippen molar-refractivity contribution in [2.75, 3.05) is 17.3 Å². The molecule has 3 aromatic carbocycles. The standard InChI is InChI=1S/C30H24FN3O5S2/c1-16-7-11-18(12-8-16)32-22(35)15-33-29-26(41-30(33)38)23(20-5-3-4-6-21(20)39-2)24-25(40-29)28(37)34(27(24)36)19-13-9-17(31)10-14-19/h3-14,23-25H,15H2,1-2H3,(H,32,35)/t23-,24?,25?/m1/s1. The number of hydrogen-bond acceptors (Lipinski definition) is 7. The Bertz CT molecular complexity index is 1730. The average molecular weight is 590 g/mol.